The monoisotopic (exact) mass is 555 g/mol. The van der Waals surface area contributed by atoms with E-state index in [1.165, 1.54) is 23.9 Å². The van der Waals surface area contributed by atoms with E-state index in [4.69, 9.17) is 9.73 Å². The molecule has 40 heavy (non-hydrogen) atoms. The van der Waals surface area contributed by atoms with Crippen molar-refractivity contribution in [3.8, 4) is 0 Å². The zero-order valence-corrected chi connectivity index (χ0v) is 23.4. The number of nitrogens with one attached hydrogen (secondary N) is 1. The van der Waals surface area contributed by atoms with Crippen LogP contribution in [0.15, 0.2) is 94.5 Å². The Labute approximate surface area is 237 Å². The van der Waals surface area contributed by atoms with Crippen LogP contribution in [0.2, 0.25) is 0 Å². The predicted octanol–water partition coefficient (Wildman–Crippen LogP) is 6.42. The van der Waals surface area contributed by atoms with E-state index in [9.17, 15) is 14.0 Å². The van der Waals surface area contributed by atoms with Crippen molar-refractivity contribution < 1.29 is 18.7 Å². The van der Waals surface area contributed by atoms with E-state index < -0.39 is 12.0 Å². The maximum atomic E-state index is 13.6. The lowest BCUT2D eigenvalue weighted by Crippen LogP contribution is -2.38. The Morgan fingerprint density at radius 2 is 1.80 bits per heavy atom. The maximum Gasteiger partial charge on any atom is 0.338 e. The van der Waals surface area contributed by atoms with Gasteiger partial charge in [-0.3, -0.25) is 4.79 Å². The van der Waals surface area contributed by atoms with E-state index in [1.807, 2.05) is 66.6 Å². The van der Waals surface area contributed by atoms with Crippen molar-refractivity contribution in [2.24, 2.45) is 4.99 Å². The number of carbonyl (C=O) groups is 2. The highest BCUT2D eigenvalue weighted by molar-refractivity contribution is 8.16. The first-order valence-corrected chi connectivity index (χ1v) is 14.0. The Morgan fingerprint density at radius 3 is 2.50 bits per heavy atom. The molecule has 3 aromatic carbocycles. The Hall–Kier alpha value is -4.17. The summed E-state index contributed by atoms with van der Waals surface area (Å²) < 4.78 is 18.8. The van der Waals surface area contributed by atoms with Crippen molar-refractivity contribution in [3.05, 3.63) is 123 Å². The number of aliphatic imine (C=N–C) groups is 1. The predicted molar refractivity (Wildman–Crippen MR) is 156 cm³/mol. The minimum Gasteiger partial charge on any atom is -0.463 e. The number of amidine groups is 1. The molecular weight excluding hydrogens is 525 g/mol. The molecule has 1 N–H and O–H groups in total. The van der Waals surface area contributed by atoms with E-state index in [0.717, 1.165) is 33.5 Å². The average Bonchev–Trinajstić information content (AvgIpc) is 3.34. The first-order valence-electron chi connectivity index (χ1n) is 13.1. The van der Waals surface area contributed by atoms with Gasteiger partial charge in [0.1, 0.15) is 5.82 Å². The minimum atomic E-state index is -0.534. The molecule has 3 aromatic rings. The highest BCUT2D eigenvalue weighted by Crippen LogP contribution is 2.47. The third kappa shape index (κ3) is 5.72. The number of nitrogens with zero attached hydrogens (tertiary/aromatic N) is 2. The van der Waals surface area contributed by atoms with Crippen LogP contribution in [0.3, 0.4) is 0 Å². The molecule has 0 aromatic heterocycles. The molecule has 0 bridgehead atoms. The number of hydrogen-bond acceptors (Lipinski definition) is 6. The van der Waals surface area contributed by atoms with E-state index >= 15 is 0 Å². The highest BCUT2D eigenvalue weighted by Gasteiger charge is 2.42. The molecule has 1 atom stereocenters. The van der Waals surface area contributed by atoms with Crippen LogP contribution >= 0.6 is 11.8 Å². The molecule has 1 amide bonds. The molecule has 0 radical (unpaired) electrons. The number of amides is 1. The van der Waals surface area contributed by atoms with E-state index in [2.05, 4.69) is 11.4 Å². The second-order valence-electron chi connectivity index (χ2n) is 9.68. The summed E-state index contributed by atoms with van der Waals surface area (Å²) in [4.78, 5) is 33.6. The van der Waals surface area contributed by atoms with Crippen LogP contribution in [-0.4, -0.2) is 28.6 Å². The Balaban J connectivity index is 1.53. The first kappa shape index (κ1) is 27.4. The van der Waals surface area contributed by atoms with Gasteiger partial charge in [0.05, 0.1) is 30.3 Å². The van der Waals surface area contributed by atoms with E-state index in [-0.39, 0.29) is 31.3 Å². The summed E-state index contributed by atoms with van der Waals surface area (Å²) in [7, 11) is 0. The molecule has 1 unspecified atom stereocenters. The third-order valence-corrected chi connectivity index (χ3v) is 7.71. The van der Waals surface area contributed by atoms with E-state index in [1.54, 1.807) is 19.1 Å². The van der Waals surface area contributed by atoms with Gasteiger partial charge in [-0.25, -0.2) is 14.2 Å². The van der Waals surface area contributed by atoms with Crippen molar-refractivity contribution in [3.63, 3.8) is 0 Å². The molecule has 2 aliphatic rings. The van der Waals surface area contributed by atoms with Crippen molar-refractivity contribution in [2.75, 3.05) is 6.61 Å². The summed E-state index contributed by atoms with van der Waals surface area (Å²) >= 11 is 1.43. The van der Waals surface area contributed by atoms with Gasteiger partial charge in [0, 0.05) is 17.8 Å². The number of carbonyl (C=O) groups excluding carboxylic acids is 2. The SMILES string of the molecule is CCOC(=O)C1=C(c2ccccc2)N=C2SC=C(CC(=O)NCc3ccc(F)cc3)N2C1c1ccc(C)cc1C. The summed E-state index contributed by atoms with van der Waals surface area (Å²) in [6.07, 6.45) is 0.0887. The molecule has 0 fully saturated rings. The zero-order chi connectivity index (χ0) is 28.2. The normalized spacial score (nSPS) is 16.3. The van der Waals surface area contributed by atoms with Gasteiger partial charge in [-0.05, 0) is 55.0 Å². The number of esters is 1. The lowest BCUT2D eigenvalue weighted by Gasteiger charge is -2.37. The molecule has 2 aliphatic heterocycles. The Bertz CT molecular complexity index is 1530. The second-order valence-corrected chi connectivity index (χ2v) is 10.5. The second kappa shape index (κ2) is 11.9. The average molecular weight is 556 g/mol. The molecule has 6 nitrogen and oxygen atoms in total. The van der Waals surface area contributed by atoms with E-state index in [0.29, 0.717) is 16.4 Å². The molecular formula is C32H30FN3O3S. The molecule has 204 valence electrons. The number of ether oxygens (including phenoxy) is 1. The maximum absolute atomic E-state index is 13.6. The van der Waals surface area contributed by atoms with Crippen molar-refractivity contribution >= 4 is 34.5 Å². The van der Waals surface area contributed by atoms with Gasteiger partial charge in [-0.1, -0.05) is 78.0 Å². The Kier molecular flexibility index (Phi) is 8.16. The van der Waals surface area contributed by atoms with Crippen LogP contribution < -0.4 is 5.32 Å². The molecule has 2 heterocycles. The molecule has 8 heteroatoms. The zero-order valence-electron chi connectivity index (χ0n) is 22.6. The molecule has 0 aliphatic carbocycles. The molecule has 0 saturated carbocycles. The van der Waals surface area contributed by atoms with Crippen molar-refractivity contribution in [1.29, 1.82) is 0 Å². The number of rotatable bonds is 8. The topological polar surface area (TPSA) is 71.0 Å². The summed E-state index contributed by atoms with van der Waals surface area (Å²) in [5, 5.41) is 5.53. The van der Waals surface area contributed by atoms with Crippen LogP contribution in [0.25, 0.3) is 5.70 Å². The van der Waals surface area contributed by atoms with Gasteiger partial charge in [-0.2, -0.15) is 0 Å². The summed E-state index contributed by atoms with van der Waals surface area (Å²) in [6.45, 7) is 6.36. The fourth-order valence-electron chi connectivity index (χ4n) is 4.95. The first-order chi connectivity index (χ1) is 19.4. The standard InChI is InChI=1S/C32H30FN3O3S/c1-4-39-31(38)28-29(23-8-6-5-7-9-23)35-32-36(30(28)26-15-10-20(2)16-21(26)3)25(19-40-32)17-27(37)34-18-22-11-13-24(33)14-12-22/h5-16,19,30H,4,17-18H2,1-3H3,(H,34,37). The van der Waals surface area contributed by atoms with Crippen LogP contribution in [0, 0.1) is 19.7 Å². The largest absolute Gasteiger partial charge is 0.463 e. The molecule has 5 rings (SSSR count). The Morgan fingerprint density at radius 1 is 1.05 bits per heavy atom. The van der Waals surface area contributed by atoms with Crippen LogP contribution in [0.4, 0.5) is 4.39 Å². The highest BCUT2D eigenvalue weighted by atomic mass is 32.2. The fraction of sp³-hybridized carbons (Fsp3) is 0.219. The van der Waals surface area contributed by atoms with Gasteiger partial charge in [0.25, 0.3) is 0 Å². The number of fused-ring (bicyclic) bond motifs is 1. The summed E-state index contributed by atoms with van der Waals surface area (Å²) in [6, 6.07) is 21.3. The van der Waals surface area contributed by atoms with Gasteiger partial charge >= 0.3 is 5.97 Å². The van der Waals surface area contributed by atoms with Crippen molar-refractivity contribution in [1.82, 2.24) is 10.2 Å². The smallest absolute Gasteiger partial charge is 0.338 e. The van der Waals surface area contributed by atoms with Crippen LogP contribution in [0.1, 0.15) is 47.2 Å². The molecule has 0 saturated heterocycles. The van der Waals surface area contributed by atoms with Crippen LogP contribution in [0.5, 0.6) is 0 Å². The van der Waals surface area contributed by atoms with Crippen LogP contribution in [-0.2, 0) is 20.9 Å². The number of thioether (sulfide) groups is 1. The fourth-order valence-corrected chi connectivity index (χ4v) is 5.86. The lowest BCUT2D eigenvalue weighted by atomic mass is 9.88. The number of aryl methyl sites for hydroxylation is 2. The van der Waals surface area contributed by atoms with Gasteiger partial charge in [-0.15, -0.1) is 0 Å². The number of halogens is 1. The molecule has 0 spiro atoms. The van der Waals surface area contributed by atoms with Gasteiger partial charge < -0.3 is 15.0 Å². The third-order valence-electron chi connectivity index (χ3n) is 6.82. The van der Waals surface area contributed by atoms with Crippen molar-refractivity contribution in [2.45, 2.75) is 39.8 Å². The van der Waals surface area contributed by atoms with Gasteiger partial charge in [0.2, 0.25) is 5.91 Å². The summed E-state index contributed by atoms with van der Waals surface area (Å²) in [5.74, 6) is -0.948. The lowest BCUT2D eigenvalue weighted by molar-refractivity contribution is -0.139. The summed E-state index contributed by atoms with van der Waals surface area (Å²) in [5.41, 5.74) is 6.44. The number of hydrogen-bond donors (Lipinski definition) is 1. The minimum absolute atomic E-state index is 0.0887. The quantitative estimate of drug-likeness (QED) is 0.325. The van der Waals surface area contributed by atoms with Gasteiger partial charge in [0.15, 0.2) is 5.17 Å². The number of benzene rings is 3.